The van der Waals surface area contributed by atoms with Gasteiger partial charge in [0.25, 0.3) is 0 Å². The largest absolute Gasteiger partial charge is 0.353 e. The van der Waals surface area contributed by atoms with Crippen molar-refractivity contribution in [1.29, 1.82) is 0 Å². The van der Waals surface area contributed by atoms with Crippen LogP contribution in [-0.2, 0) is 13.0 Å². The molecule has 120 valence electrons. The summed E-state index contributed by atoms with van der Waals surface area (Å²) in [6, 6.07) is 4.91. The number of rotatable bonds is 9. The van der Waals surface area contributed by atoms with E-state index in [0.29, 0.717) is 6.04 Å². The molecule has 4 nitrogen and oxygen atoms in total. The van der Waals surface area contributed by atoms with E-state index in [-0.39, 0.29) is 0 Å². The van der Waals surface area contributed by atoms with Crippen LogP contribution in [0.4, 0.5) is 5.82 Å². The first-order valence-corrected chi connectivity index (χ1v) is 8.07. The van der Waals surface area contributed by atoms with Crippen molar-refractivity contribution < 1.29 is 0 Å². The summed E-state index contributed by atoms with van der Waals surface area (Å²) in [6.07, 6.45) is 2.18. The van der Waals surface area contributed by atoms with Crippen LogP contribution in [0.25, 0.3) is 0 Å². The van der Waals surface area contributed by atoms with Gasteiger partial charge in [-0.2, -0.15) is 0 Å². The summed E-state index contributed by atoms with van der Waals surface area (Å²) >= 11 is 0. The van der Waals surface area contributed by atoms with Crippen LogP contribution in [0.15, 0.2) is 12.1 Å². The molecule has 1 aromatic rings. The van der Waals surface area contributed by atoms with Crippen LogP contribution < -0.4 is 10.2 Å². The van der Waals surface area contributed by atoms with Gasteiger partial charge in [0.05, 0.1) is 0 Å². The fourth-order valence-electron chi connectivity index (χ4n) is 2.80. The second kappa shape index (κ2) is 9.00. The quantitative estimate of drug-likeness (QED) is 0.758. The third-order valence-electron chi connectivity index (χ3n) is 3.61. The maximum Gasteiger partial charge on any atom is 0.129 e. The Hall–Kier alpha value is -1.13. The molecule has 0 amide bonds. The summed E-state index contributed by atoms with van der Waals surface area (Å²) in [6.45, 7) is 9.60. The van der Waals surface area contributed by atoms with E-state index in [0.717, 1.165) is 38.3 Å². The summed E-state index contributed by atoms with van der Waals surface area (Å²) < 4.78 is 0. The topological polar surface area (TPSA) is 31.4 Å². The smallest absolute Gasteiger partial charge is 0.129 e. The molecule has 4 heteroatoms. The van der Waals surface area contributed by atoms with Crippen molar-refractivity contribution >= 4 is 5.82 Å². The molecule has 0 saturated heterocycles. The number of anilines is 1. The number of nitrogens with one attached hydrogen (secondary N) is 1. The highest BCUT2D eigenvalue weighted by molar-refractivity contribution is 5.44. The number of nitrogens with zero attached hydrogens (tertiary/aromatic N) is 3. The Bertz CT molecular complexity index is 393. The average molecular weight is 292 g/mol. The van der Waals surface area contributed by atoms with Gasteiger partial charge in [0.15, 0.2) is 0 Å². The SMILES string of the molecule is CCCc1cc(CNC)cc(N(CC)C(C)CN(C)C)n1. The van der Waals surface area contributed by atoms with E-state index in [9.17, 15) is 0 Å². The second-order valence-electron chi connectivity index (χ2n) is 6.00. The number of likely N-dealkylation sites (N-methyl/N-ethyl adjacent to an activating group) is 2. The molecule has 0 saturated carbocycles. The molecule has 1 rings (SSSR count). The lowest BCUT2D eigenvalue weighted by molar-refractivity contribution is 0.372. The van der Waals surface area contributed by atoms with Crippen molar-refractivity contribution in [2.45, 2.75) is 46.2 Å². The first kappa shape index (κ1) is 17.9. The summed E-state index contributed by atoms with van der Waals surface area (Å²) in [5.41, 5.74) is 2.53. The number of hydrogen-bond donors (Lipinski definition) is 1. The predicted octanol–water partition coefficient (Wildman–Crippen LogP) is 2.53. The molecule has 0 radical (unpaired) electrons. The summed E-state index contributed by atoms with van der Waals surface area (Å²) in [5.74, 6) is 1.11. The minimum atomic E-state index is 0.455. The number of aryl methyl sites for hydroxylation is 1. The van der Waals surface area contributed by atoms with Gasteiger partial charge in [0.1, 0.15) is 5.82 Å². The van der Waals surface area contributed by atoms with Crippen molar-refractivity contribution in [3.8, 4) is 0 Å². The Morgan fingerprint density at radius 3 is 2.48 bits per heavy atom. The van der Waals surface area contributed by atoms with E-state index in [2.05, 4.69) is 62.1 Å². The maximum absolute atomic E-state index is 4.88. The van der Waals surface area contributed by atoms with Gasteiger partial charge in [0, 0.05) is 31.4 Å². The van der Waals surface area contributed by atoms with Gasteiger partial charge in [0.2, 0.25) is 0 Å². The first-order valence-electron chi connectivity index (χ1n) is 8.07. The van der Waals surface area contributed by atoms with E-state index < -0.39 is 0 Å². The molecule has 1 aromatic heterocycles. The Balaban J connectivity index is 3.05. The van der Waals surface area contributed by atoms with Crippen LogP contribution in [-0.4, -0.2) is 50.2 Å². The van der Waals surface area contributed by atoms with Crippen molar-refractivity contribution in [2.24, 2.45) is 0 Å². The zero-order valence-electron chi connectivity index (χ0n) is 14.6. The standard InChI is InChI=1S/C17H32N4/c1-7-9-16-10-15(12-18-4)11-17(19-16)21(8-2)14(3)13-20(5)6/h10-11,14,18H,7-9,12-13H2,1-6H3. The molecular weight excluding hydrogens is 260 g/mol. The highest BCUT2D eigenvalue weighted by Gasteiger charge is 2.16. The first-order chi connectivity index (χ1) is 10.0. The minimum Gasteiger partial charge on any atom is -0.353 e. The van der Waals surface area contributed by atoms with E-state index >= 15 is 0 Å². The third kappa shape index (κ3) is 5.64. The van der Waals surface area contributed by atoms with Crippen LogP contribution in [0.2, 0.25) is 0 Å². The Morgan fingerprint density at radius 2 is 1.95 bits per heavy atom. The Kier molecular flexibility index (Phi) is 7.68. The van der Waals surface area contributed by atoms with Gasteiger partial charge in [-0.15, -0.1) is 0 Å². The molecule has 1 unspecified atom stereocenters. The van der Waals surface area contributed by atoms with Crippen LogP contribution in [0.3, 0.4) is 0 Å². The van der Waals surface area contributed by atoms with Crippen molar-refractivity contribution in [3.05, 3.63) is 23.4 Å². The molecule has 0 aliphatic carbocycles. The fraction of sp³-hybridized carbons (Fsp3) is 0.706. The lowest BCUT2D eigenvalue weighted by Crippen LogP contribution is -2.40. The van der Waals surface area contributed by atoms with Crippen LogP contribution in [0, 0.1) is 0 Å². The maximum atomic E-state index is 4.88. The molecular formula is C17H32N4. The van der Waals surface area contributed by atoms with E-state index in [4.69, 9.17) is 4.98 Å². The van der Waals surface area contributed by atoms with Gasteiger partial charge in [-0.05, 0) is 59.1 Å². The number of aromatic nitrogens is 1. The highest BCUT2D eigenvalue weighted by atomic mass is 15.2. The van der Waals surface area contributed by atoms with Gasteiger partial charge < -0.3 is 15.1 Å². The fourth-order valence-corrected chi connectivity index (χ4v) is 2.80. The van der Waals surface area contributed by atoms with Gasteiger partial charge in [-0.1, -0.05) is 13.3 Å². The summed E-state index contributed by atoms with van der Waals surface area (Å²) in [5, 5.41) is 3.24. The van der Waals surface area contributed by atoms with Gasteiger partial charge in [-0.3, -0.25) is 0 Å². The predicted molar refractivity (Wildman–Crippen MR) is 92.0 cm³/mol. The molecule has 21 heavy (non-hydrogen) atoms. The lowest BCUT2D eigenvalue weighted by atomic mass is 10.1. The number of pyridine rings is 1. The summed E-state index contributed by atoms with van der Waals surface area (Å²) in [4.78, 5) is 9.52. The Labute approximate surface area is 130 Å². The molecule has 0 spiro atoms. The molecule has 0 bridgehead atoms. The van der Waals surface area contributed by atoms with Gasteiger partial charge in [-0.25, -0.2) is 4.98 Å². The van der Waals surface area contributed by atoms with Gasteiger partial charge >= 0.3 is 0 Å². The molecule has 1 atom stereocenters. The zero-order chi connectivity index (χ0) is 15.8. The van der Waals surface area contributed by atoms with Crippen molar-refractivity contribution in [2.75, 3.05) is 39.1 Å². The normalized spacial score (nSPS) is 12.7. The second-order valence-corrected chi connectivity index (χ2v) is 6.00. The highest BCUT2D eigenvalue weighted by Crippen LogP contribution is 2.19. The van der Waals surface area contributed by atoms with Crippen molar-refractivity contribution in [1.82, 2.24) is 15.2 Å². The third-order valence-corrected chi connectivity index (χ3v) is 3.61. The Morgan fingerprint density at radius 1 is 1.24 bits per heavy atom. The minimum absolute atomic E-state index is 0.455. The average Bonchev–Trinajstić information content (AvgIpc) is 2.39. The molecule has 0 aliphatic rings. The lowest BCUT2D eigenvalue weighted by Gasteiger charge is -2.31. The van der Waals surface area contributed by atoms with E-state index in [1.54, 1.807) is 0 Å². The summed E-state index contributed by atoms with van der Waals surface area (Å²) in [7, 11) is 6.24. The van der Waals surface area contributed by atoms with Crippen molar-refractivity contribution in [3.63, 3.8) is 0 Å². The molecule has 0 aromatic carbocycles. The van der Waals surface area contributed by atoms with Crippen LogP contribution in [0.5, 0.6) is 0 Å². The zero-order valence-corrected chi connectivity index (χ0v) is 14.6. The van der Waals surface area contributed by atoms with Crippen LogP contribution >= 0.6 is 0 Å². The molecule has 0 aliphatic heterocycles. The number of hydrogen-bond acceptors (Lipinski definition) is 4. The monoisotopic (exact) mass is 292 g/mol. The molecule has 1 N–H and O–H groups in total. The van der Waals surface area contributed by atoms with E-state index in [1.807, 2.05) is 7.05 Å². The van der Waals surface area contributed by atoms with Crippen LogP contribution in [0.1, 0.15) is 38.4 Å². The molecule has 1 heterocycles. The van der Waals surface area contributed by atoms with E-state index in [1.165, 1.54) is 11.3 Å². The molecule has 0 fully saturated rings.